The Labute approximate surface area is 167 Å². The molecule has 142 valence electrons. The van der Waals surface area contributed by atoms with Gasteiger partial charge in [-0.1, -0.05) is 30.4 Å². The first-order valence-electron chi connectivity index (χ1n) is 9.64. The lowest BCUT2D eigenvalue weighted by molar-refractivity contribution is -0.672. The minimum Gasteiger partial charge on any atom is -0.390 e. The molecular weight excluding hydrogens is 363 g/mol. The first-order chi connectivity index (χ1) is 14.2. The van der Waals surface area contributed by atoms with Crippen molar-refractivity contribution in [2.75, 3.05) is 6.61 Å². The Morgan fingerprint density at radius 1 is 0.862 bits per heavy atom. The molecule has 0 unspecified atom stereocenters. The summed E-state index contributed by atoms with van der Waals surface area (Å²) in [6.07, 6.45) is 6.18. The maximum Gasteiger partial charge on any atom is 0.213 e. The second kappa shape index (κ2) is 7.15. The van der Waals surface area contributed by atoms with Gasteiger partial charge in [0.2, 0.25) is 5.52 Å². The molecule has 0 aliphatic heterocycles. The standard InChI is InChI=1S/C25H19FN2O/c26-19-8-10-24-22(16-19)21-15-17(6-9-23(21)27-24)5-7-18-11-12-28(13-14-29)25-4-2-1-3-20(18)25/h1-12,15-16,29H,13-14H2/p+1. The summed E-state index contributed by atoms with van der Waals surface area (Å²) in [6, 6.07) is 21.3. The van der Waals surface area contributed by atoms with Gasteiger partial charge in [-0.05, 0) is 47.5 Å². The number of benzene rings is 3. The Kier molecular flexibility index (Phi) is 4.34. The Bertz CT molecular complexity index is 1380. The van der Waals surface area contributed by atoms with Crippen molar-refractivity contribution >= 4 is 44.9 Å². The van der Waals surface area contributed by atoms with Gasteiger partial charge >= 0.3 is 0 Å². The summed E-state index contributed by atoms with van der Waals surface area (Å²) in [5.74, 6) is -0.230. The van der Waals surface area contributed by atoms with Crippen molar-refractivity contribution in [3.8, 4) is 0 Å². The molecule has 2 N–H and O–H groups in total. The van der Waals surface area contributed by atoms with Crippen LogP contribution in [-0.4, -0.2) is 16.7 Å². The van der Waals surface area contributed by atoms with Gasteiger partial charge in [-0.2, -0.15) is 4.57 Å². The third-order valence-electron chi connectivity index (χ3n) is 5.34. The average Bonchev–Trinajstić information content (AvgIpc) is 3.10. The number of para-hydroxylation sites is 1. The molecule has 0 spiro atoms. The van der Waals surface area contributed by atoms with E-state index in [0.717, 1.165) is 43.8 Å². The summed E-state index contributed by atoms with van der Waals surface area (Å²) in [7, 11) is 0. The predicted molar refractivity (Wildman–Crippen MR) is 116 cm³/mol. The molecule has 0 atom stereocenters. The van der Waals surface area contributed by atoms with Crippen molar-refractivity contribution in [3.05, 3.63) is 89.9 Å². The van der Waals surface area contributed by atoms with E-state index in [-0.39, 0.29) is 12.4 Å². The van der Waals surface area contributed by atoms with Crippen LogP contribution in [-0.2, 0) is 6.54 Å². The van der Waals surface area contributed by atoms with E-state index >= 15 is 0 Å². The van der Waals surface area contributed by atoms with E-state index in [1.54, 1.807) is 12.1 Å². The molecule has 0 aliphatic rings. The maximum atomic E-state index is 13.7. The molecule has 0 saturated heterocycles. The predicted octanol–water partition coefficient (Wildman–Crippen LogP) is 5.06. The van der Waals surface area contributed by atoms with Crippen molar-refractivity contribution < 1.29 is 14.1 Å². The van der Waals surface area contributed by atoms with E-state index in [0.29, 0.717) is 6.54 Å². The summed E-state index contributed by atoms with van der Waals surface area (Å²) < 4.78 is 15.8. The van der Waals surface area contributed by atoms with Crippen LogP contribution in [0.15, 0.2) is 72.9 Å². The van der Waals surface area contributed by atoms with Gasteiger partial charge in [0.25, 0.3) is 0 Å². The van der Waals surface area contributed by atoms with Crippen LogP contribution in [0, 0.1) is 5.82 Å². The topological polar surface area (TPSA) is 39.9 Å². The van der Waals surface area contributed by atoms with Gasteiger partial charge in [0.1, 0.15) is 12.4 Å². The van der Waals surface area contributed by atoms with Gasteiger partial charge in [-0.25, -0.2) is 4.39 Å². The molecule has 29 heavy (non-hydrogen) atoms. The van der Waals surface area contributed by atoms with Crippen molar-refractivity contribution in [1.82, 2.24) is 4.98 Å². The number of aromatic nitrogens is 2. The zero-order valence-corrected chi connectivity index (χ0v) is 15.8. The fraction of sp³-hybridized carbons (Fsp3) is 0.0800. The third kappa shape index (κ3) is 3.18. The Morgan fingerprint density at radius 3 is 2.52 bits per heavy atom. The van der Waals surface area contributed by atoms with E-state index in [1.807, 2.05) is 24.4 Å². The van der Waals surface area contributed by atoms with Gasteiger partial charge in [0.05, 0.1) is 5.39 Å². The first kappa shape index (κ1) is 17.6. The number of pyridine rings is 1. The molecule has 3 aromatic carbocycles. The molecule has 4 heteroatoms. The lowest BCUT2D eigenvalue weighted by Crippen LogP contribution is -2.36. The van der Waals surface area contributed by atoms with Crippen LogP contribution in [0.5, 0.6) is 0 Å². The van der Waals surface area contributed by atoms with E-state index in [1.165, 1.54) is 6.07 Å². The number of nitrogens with zero attached hydrogens (tertiary/aromatic N) is 1. The normalized spacial score (nSPS) is 11.9. The Balaban J connectivity index is 1.58. The number of aliphatic hydroxyl groups excluding tert-OH is 1. The maximum absolute atomic E-state index is 13.7. The van der Waals surface area contributed by atoms with Crippen LogP contribution in [0.2, 0.25) is 0 Å². The van der Waals surface area contributed by atoms with E-state index in [2.05, 4.69) is 52.0 Å². The smallest absolute Gasteiger partial charge is 0.213 e. The van der Waals surface area contributed by atoms with Crippen molar-refractivity contribution in [3.63, 3.8) is 0 Å². The second-order valence-electron chi connectivity index (χ2n) is 7.16. The average molecular weight is 383 g/mol. The zero-order valence-electron chi connectivity index (χ0n) is 15.8. The number of nitrogens with one attached hydrogen (secondary N) is 1. The van der Waals surface area contributed by atoms with Gasteiger partial charge in [-0.15, -0.1) is 0 Å². The summed E-state index contributed by atoms with van der Waals surface area (Å²) in [5, 5.41) is 12.3. The largest absolute Gasteiger partial charge is 0.390 e. The third-order valence-corrected chi connectivity index (χ3v) is 5.34. The van der Waals surface area contributed by atoms with Gasteiger partial charge in [-0.3, -0.25) is 0 Å². The SMILES string of the molecule is OCC[n+]1ccc(/C=C/c2ccc3[nH]c4ccc(F)cc4c3c2)c2ccccc21. The fourth-order valence-electron chi connectivity index (χ4n) is 3.93. The van der Waals surface area contributed by atoms with Crippen LogP contribution in [0.25, 0.3) is 44.9 Å². The molecule has 0 saturated carbocycles. The quantitative estimate of drug-likeness (QED) is 0.418. The lowest BCUT2D eigenvalue weighted by Gasteiger charge is -2.03. The monoisotopic (exact) mass is 383 g/mol. The first-order valence-corrected chi connectivity index (χ1v) is 9.64. The summed E-state index contributed by atoms with van der Waals surface area (Å²) in [4.78, 5) is 3.33. The van der Waals surface area contributed by atoms with Gasteiger partial charge < -0.3 is 10.1 Å². The second-order valence-corrected chi connectivity index (χ2v) is 7.16. The molecule has 0 amide bonds. The number of halogens is 1. The molecule has 0 bridgehead atoms. The number of H-pyrrole nitrogens is 1. The lowest BCUT2D eigenvalue weighted by atomic mass is 10.1. The van der Waals surface area contributed by atoms with Crippen LogP contribution in [0.4, 0.5) is 4.39 Å². The number of rotatable bonds is 4. The molecule has 0 fully saturated rings. The van der Waals surface area contributed by atoms with Crippen molar-refractivity contribution in [2.24, 2.45) is 0 Å². The van der Waals surface area contributed by atoms with Crippen LogP contribution >= 0.6 is 0 Å². The highest BCUT2D eigenvalue weighted by Crippen LogP contribution is 2.28. The van der Waals surface area contributed by atoms with Crippen LogP contribution < -0.4 is 4.57 Å². The van der Waals surface area contributed by atoms with E-state index in [9.17, 15) is 9.50 Å². The molecule has 0 aliphatic carbocycles. The highest BCUT2D eigenvalue weighted by molar-refractivity contribution is 6.08. The minimum absolute atomic E-state index is 0.106. The fourth-order valence-corrected chi connectivity index (χ4v) is 3.93. The Hall–Kier alpha value is -3.50. The van der Waals surface area contributed by atoms with E-state index < -0.39 is 0 Å². The molecule has 0 radical (unpaired) electrons. The summed E-state index contributed by atoms with van der Waals surface area (Å²) in [6.45, 7) is 0.674. The van der Waals surface area contributed by atoms with Crippen molar-refractivity contribution in [1.29, 1.82) is 0 Å². The highest BCUT2D eigenvalue weighted by Gasteiger charge is 2.10. The summed E-state index contributed by atoms with van der Waals surface area (Å²) in [5.41, 5.74) is 5.19. The number of hydrogen-bond donors (Lipinski definition) is 2. The highest BCUT2D eigenvalue weighted by atomic mass is 19.1. The Morgan fingerprint density at radius 2 is 1.66 bits per heavy atom. The number of hydrogen-bond acceptors (Lipinski definition) is 1. The van der Waals surface area contributed by atoms with Crippen LogP contribution in [0.3, 0.4) is 0 Å². The molecule has 2 heterocycles. The molecule has 3 nitrogen and oxygen atoms in total. The number of fused-ring (bicyclic) bond motifs is 4. The van der Waals surface area contributed by atoms with E-state index in [4.69, 9.17) is 0 Å². The van der Waals surface area contributed by atoms with Gasteiger partial charge in [0.15, 0.2) is 12.7 Å². The molecule has 2 aromatic heterocycles. The van der Waals surface area contributed by atoms with Gasteiger partial charge in [0, 0.05) is 33.9 Å². The zero-order chi connectivity index (χ0) is 19.8. The number of aliphatic hydroxyl groups is 1. The number of aromatic amines is 1. The van der Waals surface area contributed by atoms with Crippen LogP contribution in [0.1, 0.15) is 11.1 Å². The minimum atomic E-state index is -0.230. The van der Waals surface area contributed by atoms with Crippen molar-refractivity contribution in [2.45, 2.75) is 6.54 Å². The molecule has 5 aromatic rings. The summed E-state index contributed by atoms with van der Waals surface area (Å²) >= 11 is 0. The molecule has 5 rings (SSSR count). The molecular formula is C25H20FN2O+.